The zero-order chi connectivity index (χ0) is 20.8. The summed E-state index contributed by atoms with van der Waals surface area (Å²) in [6, 6.07) is 14.6. The van der Waals surface area contributed by atoms with E-state index in [0.717, 1.165) is 11.3 Å². The Hall–Kier alpha value is -3.74. The lowest BCUT2D eigenvalue weighted by atomic mass is 10.2. The lowest BCUT2D eigenvalue weighted by Gasteiger charge is -2.15. The third-order valence-electron chi connectivity index (χ3n) is 4.36. The van der Waals surface area contributed by atoms with Gasteiger partial charge in [0.2, 0.25) is 5.75 Å². The molecule has 2 N–H and O–H groups in total. The Morgan fingerprint density at radius 3 is 2.17 bits per heavy atom. The van der Waals surface area contributed by atoms with E-state index in [4.69, 9.17) is 14.2 Å². The van der Waals surface area contributed by atoms with E-state index in [1.54, 1.807) is 45.6 Å². The van der Waals surface area contributed by atoms with Crippen molar-refractivity contribution in [3.8, 4) is 17.2 Å². The summed E-state index contributed by atoms with van der Waals surface area (Å²) in [5, 5.41) is 6.06. The first-order valence-electron chi connectivity index (χ1n) is 8.95. The maximum absolute atomic E-state index is 12.5. The molecule has 0 aliphatic rings. The molecule has 0 unspecified atom stereocenters. The summed E-state index contributed by atoms with van der Waals surface area (Å²) in [6.45, 7) is 1.94. The molecule has 1 heterocycles. The molecule has 1 aromatic heterocycles. The van der Waals surface area contributed by atoms with Gasteiger partial charge in [0.25, 0.3) is 5.91 Å². The number of hydrogen-bond acceptors (Lipinski definition) is 6. The first-order chi connectivity index (χ1) is 14.0. The average Bonchev–Trinajstić information content (AvgIpc) is 2.75. The second kappa shape index (κ2) is 8.97. The molecule has 150 valence electrons. The van der Waals surface area contributed by atoms with Gasteiger partial charge in [-0.05, 0) is 30.7 Å². The number of aryl methyl sites for hydroxylation is 1. The van der Waals surface area contributed by atoms with Gasteiger partial charge in [0.15, 0.2) is 11.5 Å². The number of nitrogens with one attached hydrogen (secondary N) is 2. The minimum Gasteiger partial charge on any atom is -0.493 e. The van der Waals surface area contributed by atoms with Gasteiger partial charge in [0, 0.05) is 29.7 Å². The first kappa shape index (κ1) is 20.0. The van der Waals surface area contributed by atoms with E-state index in [-0.39, 0.29) is 5.91 Å². The Morgan fingerprint density at radius 1 is 0.931 bits per heavy atom. The minimum absolute atomic E-state index is 0.217. The fourth-order valence-corrected chi connectivity index (χ4v) is 2.81. The molecule has 0 atom stereocenters. The molecule has 0 aliphatic heterocycles. The lowest BCUT2D eigenvalue weighted by Crippen LogP contribution is -2.13. The molecule has 3 rings (SSSR count). The fourth-order valence-electron chi connectivity index (χ4n) is 2.81. The van der Waals surface area contributed by atoms with Crippen molar-refractivity contribution in [3.05, 3.63) is 65.9 Å². The Bertz CT molecular complexity index is 978. The minimum atomic E-state index is -0.217. The third-order valence-corrected chi connectivity index (χ3v) is 4.36. The topological polar surface area (TPSA) is 81.7 Å². The number of methoxy groups -OCH3 is 3. The van der Waals surface area contributed by atoms with Gasteiger partial charge in [-0.3, -0.25) is 4.79 Å². The van der Waals surface area contributed by atoms with Crippen LogP contribution >= 0.6 is 0 Å². The number of carbonyl (C=O) groups excluding carboxylic acids is 1. The van der Waals surface area contributed by atoms with E-state index in [9.17, 15) is 4.79 Å². The van der Waals surface area contributed by atoms with Gasteiger partial charge >= 0.3 is 0 Å². The zero-order valence-corrected chi connectivity index (χ0v) is 16.8. The predicted molar refractivity (Wildman–Crippen MR) is 113 cm³/mol. The van der Waals surface area contributed by atoms with Gasteiger partial charge in [0.1, 0.15) is 5.82 Å². The molecule has 0 aliphatic carbocycles. The van der Waals surface area contributed by atoms with Gasteiger partial charge in [-0.25, -0.2) is 4.98 Å². The summed E-state index contributed by atoms with van der Waals surface area (Å²) in [5.41, 5.74) is 2.94. The van der Waals surface area contributed by atoms with Crippen molar-refractivity contribution >= 4 is 23.1 Å². The highest BCUT2D eigenvalue weighted by Crippen LogP contribution is 2.40. The SMILES string of the molecule is COc1cc(Nc2ccc(C(=O)Nc3ccccc3C)cn2)cc(OC)c1OC. The number of nitrogens with zero attached hydrogens (tertiary/aromatic N) is 1. The van der Waals surface area contributed by atoms with E-state index in [1.165, 1.54) is 6.20 Å². The van der Waals surface area contributed by atoms with E-state index in [2.05, 4.69) is 15.6 Å². The van der Waals surface area contributed by atoms with Gasteiger partial charge in [-0.2, -0.15) is 0 Å². The molecular weight excluding hydrogens is 370 g/mol. The number of amides is 1. The maximum Gasteiger partial charge on any atom is 0.257 e. The molecule has 3 aromatic rings. The molecule has 0 saturated heterocycles. The van der Waals surface area contributed by atoms with Crippen LogP contribution in [0.3, 0.4) is 0 Å². The van der Waals surface area contributed by atoms with Gasteiger partial charge in [0.05, 0.1) is 26.9 Å². The van der Waals surface area contributed by atoms with Crippen molar-refractivity contribution in [2.75, 3.05) is 32.0 Å². The summed E-state index contributed by atoms with van der Waals surface area (Å²) in [4.78, 5) is 16.8. The van der Waals surface area contributed by atoms with Crippen molar-refractivity contribution in [1.29, 1.82) is 0 Å². The number of pyridine rings is 1. The number of carbonyl (C=O) groups is 1. The number of hydrogen-bond donors (Lipinski definition) is 2. The Balaban J connectivity index is 1.75. The van der Waals surface area contributed by atoms with Crippen molar-refractivity contribution < 1.29 is 19.0 Å². The molecule has 29 heavy (non-hydrogen) atoms. The van der Waals surface area contributed by atoms with Crippen molar-refractivity contribution in [3.63, 3.8) is 0 Å². The van der Waals surface area contributed by atoms with Crippen LogP contribution in [0.25, 0.3) is 0 Å². The Labute approximate surface area is 169 Å². The molecule has 0 saturated carbocycles. The van der Waals surface area contributed by atoms with Crippen LogP contribution in [0, 0.1) is 6.92 Å². The molecule has 0 radical (unpaired) electrons. The summed E-state index contributed by atoms with van der Waals surface area (Å²) < 4.78 is 16.0. The van der Waals surface area contributed by atoms with E-state index in [1.807, 2.05) is 31.2 Å². The molecule has 0 bridgehead atoms. The number of aromatic nitrogens is 1. The van der Waals surface area contributed by atoms with Crippen LogP contribution in [0.2, 0.25) is 0 Å². The number of benzene rings is 2. The standard InChI is InChI=1S/C22H23N3O4/c1-14-7-5-6-8-17(14)25-22(26)15-9-10-20(23-13-15)24-16-11-18(27-2)21(29-4)19(12-16)28-3/h5-13H,1-4H3,(H,23,24)(H,25,26). The monoisotopic (exact) mass is 393 g/mol. The Morgan fingerprint density at radius 2 is 1.62 bits per heavy atom. The van der Waals surface area contributed by atoms with Crippen LogP contribution in [-0.4, -0.2) is 32.2 Å². The fraction of sp³-hybridized carbons (Fsp3) is 0.182. The molecular formula is C22H23N3O4. The zero-order valence-electron chi connectivity index (χ0n) is 16.8. The van der Waals surface area contributed by atoms with Crippen LogP contribution in [-0.2, 0) is 0 Å². The van der Waals surface area contributed by atoms with Crippen molar-refractivity contribution in [2.45, 2.75) is 6.92 Å². The van der Waals surface area contributed by atoms with Crippen LogP contribution in [0.4, 0.5) is 17.2 Å². The highest BCUT2D eigenvalue weighted by Gasteiger charge is 2.14. The molecule has 7 nitrogen and oxygen atoms in total. The lowest BCUT2D eigenvalue weighted by molar-refractivity contribution is 0.102. The van der Waals surface area contributed by atoms with Crippen LogP contribution < -0.4 is 24.8 Å². The highest BCUT2D eigenvalue weighted by atomic mass is 16.5. The Kier molecular flexibility index (Phi) is 6.19. The van der Waals surface area contributed by atoms with Crippen LogP contribution in [0.1, 0.15) is 15.9 Å². The summed E-state index contributed by atoms with van der Waals surface area (Å²) in [5.74, 6) is 1.93. The van der Waals surface area contributed by atoms with Gasteiger partial charge in [-0.15, -0.1) is 0 Å². The summed E-state index contributed by atoms with van der Waals surface area (Å²) >= 11 is 0. The van der Waals surface area contributed by atoms with Gasteiger partial charge < -0.3 is 24.8 Å². The second-order valence-electron chi connectivity index (χ2n) is 6.24. The van der Waals surface area contributed by atoms with Crippen molar-refractivity contribution in [2.24, 2.45) is 0 Å². The normalized spacial score (nSPS) is 10.2. The van der Waals surface area contributed by atoms with Crippen LogP contribution in [0.5, 0.6) is 17.2 Å². The van der Waals surface area contributed by atoms with Gasteiger partial charge in [-0.1, -0.05) is 18.2 Å². The number of ether oxygens (including phenoxy) is 3. The quantitative estimate of drug-likeness (QED) is 0.619. The molecule has 7 heteroatoms. The smallest absolute Gasteiger partial charge is 0.257 e. The van der Waals surface area contributed by atoms with E-state index < -0.39 is 0 Å². The highest BCUT2D eigenvalue weighted by molar-refractivity contribution is 6.04. The number of rotatable bonds is 7. The second-order valence-corrected chi connectivity index (χ2v) is 6.24. The molecule has 2 aromatic carbocycles. The summed E-state index contributed by atoms with van der Waals surface area (Å²) in [6.07, 6.45) is 1.52. The van der Waals surface area contributed by atoms with E-state index >= 15 is 0 Å². The van der Waals surface area contributed by atoms with Crippen LogP contribution in [0.15, 0.2) is 54.7 Å². The predicted octanol–water partition coefficient (Wildman–Crippen LogP) is 4.41. The third kappa shape index (κ3) is 4.57. The molecule has 1 amide bonds. The number of anilines is 3. The first-order valence-corrected chi connectivity index (χ1v) is 8.95. The molecule has 0 fully saturated rings. The average molecular weight is 393 g/mol. The van der Waals surface area contributed by atoms with E-state index in [0.29, 0.717) is 34.3 Å². The maximum atomic E-state index is 12.5. The number of para-hydroxylation sites is 1. The van der Waals surface area contributed by atoms with Crippen molar-refractivity contribution in [1.82, 2.24) is 4.98 Å². The molecule has 0 spiro atoms. The largest absolute Gasteiger partial charge is 0.493 e. The summed E-state index contributed by atoms with van der Waals surface area (Å²) in [7, 11) is 4.66.